The number of ether oxygens (including phenoxy) is 1. The third-order valence-electron chi connectivity index (χ3n) is 1.18. The van der Waals surface area contributed by atoms with Crippen LogP contribution in [0.5, 0.6) is 0 Å². The van der Waals surface area contributed by atoms with E-state index in [1.165, 1.54) is 5.38 Å². The van der Waals surface area contributed by atoms with Crippen molar-refractivity contribution in [2.24, 2.45) is 0 Å². The van der Waals surface area contributed by atoms with E-state index in [9.17, 15) is 14.4 Å². The summed E-state index contributed by atoms with van der Waals surface area (Å²) in [5.41, 5.74) is 5.14. The largest absolute Gasteiger partial charge is 0.389 e. The van der Waals surface area contributed by atoms with Crippen LogP contribution in [0.15, 0.2) is 5.38 Å². The lowest BCUT2D eigenvalue weighted by molar-refractivity contribution is -0.154. The minimum Gasteiger partial charge on any atom is -0.387 e. The Morgan fingerprint density at radius 2 is 2.14 bits per heavy atom. The summed E-state index contributed by atoms with van der Waals surface area (Å²) in [6, 6.07) is 0. The Morgan fingerprint density at radius 1 is 1.50 bits per heavy atom. The molecule has 14 heavy (non-hydrogen) atoms. The lowest BCUT2D eigenvalue weighted by Crippen LogP contribution is -2.20. The van der Waals surface area contributed by atoms with E-state index in [2.05, 4.69) is 9.72 Å². The number of ketones is 1. The highest BCUT2D eigenvalue weighted by molar-refractivity contribution is 7.13. The van der Waals surface area contributed by atoms with Crippen LogP contribution in [0.3, 0.4) is 0 Å². The first-order valence-electron chi connectivity index (χ1n) is 3.49. The van der Waals surface area contributed by atoms with Crippen molar-refractivity contribution in [3.8, 4) is 0 Å². The maximum atomic E-state index is 11.2. The molecule has 0 fully saturated rings. The second-order valence-corrected chi connectivity index (χ2v) is 3.17. The van der Waals surface area contributed by atoms with E-state index >= 15 is 0 Å². The Morgan fingerprint density at radius 3 is 2.57 bits per heavy atom. The van der Waals surface area contributed by atoms with Gasteiger partial charge in [0.2, 0.25) is 0 Å². The van der Waals surface area contributed by atoms with Crippen molar-refractivity contribution in [1.82, 2.24) is 4.98 Å². The Labute approximate surface area is 82.7 Å². The Bertz CT molecular complexity index is 398. The van der Waals surface area contributed by atoms with Crippen LogP contribution < -0.4 is 5.73 Å². The van der Waals surface area contributed by atoms with Crippen molar-refractivity contribution in [3.05, 3.63) is 11.1 Å². The number of nitrogen functional groups attached to an aromatic ring is 1. The Hall–Kier alpha value is -1.76. The van der Waals surface area contributed by atoms with Crippen molar-refractivity contribution in [1.29, 1.82) is 0 Å². The fraction of sp³-hybridized carbons (Fsp3) is 0.143. The molecule has 1 aromatic heterocycles. The third-order valence-corrected chi connectivity index (χ3v) is 1.85. The molecule has 0 aliphatic carbocycles. The highest BCUT2D eigenvalue weighted by Crippen LogP contribution is 2.11. The van der Waals surface area contributed by atoms with Gasteiger partial charge in [-0.3, -0.25) is 9.59 Å². The van der Waals surface area contributed by atoms with Gasteiger partial charge in [-0.25, -0.2) is 9.78 Å². The molecule has 0 amide bonds. The van der Waals surface area contributed by atoms with E-state index in [1.807, 2.05) is 0 Å². The number of aromatic nitrogens is 1. The number of anilines is 1. The quantitative estimate of drug-likeness (QED) is 0.322. The standard InChI is InChI=1S/C7H6N2O4S/c1-3(10)13-6(12)5(11)4-2-14-7(8)9-4/h2H,1H3,(H2,8,9). The van der Waals surface area contributed by atoms with E-state index in [0.29, 0.717) is 0 Å². The van der Waals surface area contributed by atoms with Gasteiger partial charge >= 0.3 is 11.9 Å². The molecule has 0 aromatic carbocycles. The van der Waals surface area contributed by atoms with Crippen molar-refractivity contribution in [2.45, 2.75) is 6.92 Å². The number of hydrogen-bond donors (Lipinski definition) is 1. The molecule has 0 unspecified atom stereocenters. The molecule has 0 saturated heterocycles. The smallest absolute Gasteiger partial charge is 0.387 e. The van der Waals surface area contributed by atoms with Gasteiger partial charge in [-0.1, -0.05) is 0 Å². The minimum atomic E-state index is -1.25. The molecule has 0 spiro atoms. The molecule has 1 rings (SSSR count). The zero-order chi connectivity index (χ0) is 10.7. The number of rotatable bonds is 2. The number of nitrogens with zero attached hydrogens (tertiary/aromatic N) is 1. The van der Waals surface area contributed by atoms with Gasteiger partial charge in [0.15, 0.2) is 5.13 Å². The zero-order valence-corrected chi connectivity index (χ0v) is 7.96. The van der Waals surface area contributed by atoms with E-state index in [0.717, 1.165) is 18.3 Å². The summed E-state index contributed by atoms with van der Waals surface area (Å²) in [4.78, 5) is 36.0. The molecule has 0 saturated carbocycles. The molecule has 1 aromatic rings. The molecule has 0 bridgehead atoms. The third kappa shape index (κ3) is 2.36. The molecule has 6 nitrogen and oxygen atoms in total. The predicted molar refractivity (Wildman–Crippen MR) is 47.6 cm³/mol. The van der Waals surface area contributed by atoms with Crippen molar-refractivity contribution >= 4 is 34.2 Å². The molecule has 2 N–H and O–H groups in total. The molecule has 0 aliphatic rings. The highest BCUT2D eigenvalue weighted by atomic mass is 32.1. The summed E-state index contributed by atoms with van der Waals surface area (Å²) < 4.78 is 4.07. The molecule has 74 valence electrons. The van der Waals surface area contributed by atoms with Crippen molar-refractivity contribution < 1.29 is 19.1 Å². The van der Waals surface area contributed by atoms with Gasteiger partial charge in [-0.15, -0.1) is 11.3 Å². The Balaban J connectivity index is 2.76. The fourth-order valence-electron chi connectivity index (χ4n) is 0.673. The van der Waals surface area contributed by atoms with Crippen LogP contribution in [0, 0.1) is 0 Å². The number of hydrogen-bond acceptors (Lipinski definition) is 7. The highest BCUT2D eigenvalue weighted by Gasteiger charge is 2.22. The number of nitrogens with two attached hydrogens (primary N) is 1. The van der Waals surface area contributed by atoms with Crippen molar-refractivity contribution in [2.75, 3.05) is 5.73 Å². The number of Topliss-reactive ketones (excluding diaryl/α,β-unsaturated/α-hetero) is 1. The molecule has 0 radical (unpaired) electrons. The summed E-state index contributed by atoms with van der Waals surface area (Å²) in [5.74, 6) is -3.07. The van der Waals surface area contributed by atoms with E-state index < -0.39 is 17.7 Å². The average Bonchev–Trinajstić information content (AvgIpc) is 2.49. The molecular weight excluding hydrogens is 208 g/mol. The minimum absolute atomic E-state index is 0.112. The van der Waals surface area contributed by atoms with Crippen LogP contribution in [0.1, 0.15) is 17.4 Å². The molecule has 7 heteroatoms. The first-order chi connectivity index (χ1) is 6.50. The van der Waals surface area contributed by atoms with E-state index in [4.69, 9.17) is 5.73 Å². The van der Waals surface area contributed by atoms with Crippen LogP contribution in [0.4, 0.5) is 5.13 Å². The van der Waals surface area contributed by atoms with Gasteiger partial charge in [0.1, 0.15) is 5.69 Å². The SMILES string of the molecule is CC(=O)OC(=O)C(=O)c1csc(N)n1. The molecule has 0 atom stereocenters. The second kappa shape index (κ2) is 3.97. The van der Waals surface area contributed by atoms with Gasteiger partial charge < -0.3 is 10.5 Å². The number of thiazole rings is 1. The van der Waals surface area contributed by atoms with Crippen LogP contribution in [-0.2, 0) is 14.3 Å². The van der Waals surface area contributed by atoms with Crippen LogP contribution in [0.2, 0.25) is 0 Å². The second-order valence-electron chi connectivity index (χ2n) is 2.28. The van der Waals surface area contributed by atoms with Crippen LogP contribution in [-0.4, -0.2) is 22.7 Å². The summed E-state index contributed by atoms with van der Waals surface area (Å²) in [6.07, 6.45) is 0. The summed E-state index contributed by atoms with van der Waals surface area (Å²) in [5, 5.41) is 1.49. The summed E-state index contributed by atoms with van der Waals surface area (Å²) in [6.45, 7) is 1.03. The van der Waals surface area contributed by atoms with E-state index in [1.54, 1.807) is 0 Å². The zero-order valence-electron chi connectivity index (χ0n) is 7.14. The Kier molecular flexibility index (Phi) is 2.92. The topological polar surface area (TPSA) is 99.4 Å². The summed E-state index contributed by atoms with van der Waals surface area (Å²) in [7, 11) is 0. The monoisotopic (exact) mass is 214 g/mol. The van der Waals surface area contributed by atoms with Gasteiger partial charge in [0, 0.05) is 12.3 Å². The molecule has 1 heterocycles. The lowest BCUT2D eigenvalue weighted by atomic mass is 10.3. The van der Waals surface area contributed by atoms with Crippen molar-refractivity contribution in [3.63, 3.8) is 0 Å². The maximum absolute atomic E-state index is 11.2. The first-order valence-corrected chi connectivity index (χ1v) is 4.36. The van der Waals surface area contributed by atoms with Gasteiger partial charge in [-0.05, 0) is 0 Å². The molecular formula is C7H6N2O4S. The molecule has 0 aliphatic heterocycles. The fourth-order valence-corrected chi connectivity index (χ4v) is 1.22. The first kappa shape index (κ1) is 10.3. The van der Waals surface area contributed by atoms with E-state index in [-0.39, 0.29) is 10.8 Å². The average molecular weight is 214 g/mol. The normalized spacial score (nSPS) is 9.50. The predicted octanol–water partition coefficient (Wildman–Crippen LogP) is -0.00230. The number of esters is 2. The maximum Gasteiger partial charge on any atom is 0.389 e. The summed E-state index contributed by atoms with van der Waals surface area (Å²) >= 11 is 1.02. The number of carbonyl (C=O) groups is 3. The van der Waals surface area contributed by atoms with Gasteiger partial charge in [-0.2, -0.15) is 0 Å². The van der Waals surface area contributed by atoms with Gasteiger partial charge in [0.05, 0.1) is 0 Å². The van der Waals surface area contributed by atoms with Crippen LogP contribution >= 0.6 is 11.3 Å². The number of carbonyl (C=O) groups excluding carboxylic acids is 3. The lowest BCUT2D eigenvalue weighted by Gasteiger charge is -1.95. The van der Waals surface area contributed by atoms with Gasteiger partial charge in [0.25, 0.3) is 5.78 Å². The van der Waals surface area contributed by atoms with Crippen LogP contribution in [0.25, 0.3) is 0 Å².